The van der Waals surface area contributed by atoms with Crippen LogP contribution >= 0.6 is 0 Å². The summed E-state index contributed by atoms with van der Waals surface area (Å²) in [6, 6.07) is -0.540. The number of carbonyl (C=O) groups excluding carboxylic acids is 2. The van der Waals surface area contributed by atoms with Gasteiger partial charge in [-0.3, -0.25) is 9.59 Å². The van der Waals surface area contributed by atoms with Crippen LogP contribution in [0.2, 0.25) is 0 Å². The summed E-state index contributed by atoms with van der Waals surface area (Å²) in [5.74, 6) is -0.0311. The van der Waals surface area contributed by atoms with Crippen LogP contribution in [0.1, 0.15) is 354 Å². The van der Waals surface area contributed by atoms with Crippen LogP contribution < -0.4 is 5.32 Å². The molecule has 0 fully saturated rings. The van der Waals surface area contributed by atoms with Crippen LogP contribution in [0.3, 0.4) is 0 Å². The van der Waals surface area contributed by atoms with E-state index in [1.807, 2.05) is 0 Å². The zero-order chi connectivity index (χ0) is 52.9. The van der Waals surface area contributed by atoms with Crippen molar-refractivity contribution < 1.29 is 24.5 Å². The van der Waals surface area contributed by atoms with Gasteiger partial charge in [0.1, 0.15) is 0 Å². The molecule has 0 saturated heterocycles. The van der Waals surface area contributed by atoms with Gasteiger partial charge in [-0.05, 0) is 83.5 Å². The van der Waals surface area contributed by atoms with Crippen molar-refractivity contribution in [2.45, 2.75) is 366 Å². The number of hydrogen-bond acceptors (Lipinski definition) is 5. The number of rotatable bonds is 61. The standard InChI is InChI=1S/C67H127NO5/c1-3-5-7-9-11-13-15-17-33-37-41-45-49-53-57-61-67(72)73-62-58-54-50-46-42-38-35-32-30-28-26-24-22-20-18-19-21-23-25-27-29-31-34-36-40-44-48-52-56-60-66(71)68-64(63-69)65(70)59-55-51-47-43-39-16-14-12-10-8-6-4-2/h11,13,17-18,20,33,64-65,69-70H,3-10,12,14-16,19,21-32,34-63H2,1-2H3,(H,68,71)/b13-11-,20-18-,33-17-. The predicted molar refractivity (Wildman–Crippen MR) is 319 cm³/mol. The minimum absolute atomic E-state index is 0.00251. The topological polar surface area (TPSA) is 95.9 Å². The average molecular weight is 1030 g/mol. The van der Waals surface area contributed by atoms with Gasteiger partial charge in [0.2, 0.25) is 5.91 Å². The molecule has 430 valence electrons. The summed E-state index contributed by atoms with van der Waals surface area (Å²) in [6.07, 6.45) is 78.9. The first-order chi connectivity index (χ1) is 36.0. The van der Waals surface area contributed by atoms with E-state index in [9.17, 15) is 19.8 Å². The number of ether oxygens (including phenoxy) is 1. The highest BCUT2D eigenvalue weighted by molar-refractivity contribution is 5.76. The first-order valence-corrected chi connectivity index (χ1v) is 32.7. The van der Waals surface area contributed by atoms with Gasteiger partial charge in [-0.2, -0.15) is 0 Å². The van der Waals surface area contributed by atoms with Crippen molar-refractivity contribution in [1.82, 2.24) is 5.32 Å². The van der Waals surface area contributed by atoms with Gasteiger partial charge in [0, 0.05) is 12.8 Å². The Labute approximate surface area is 455 Å². The summed E-state index contributed by atoms with van der Waals surface area (Å²) in [7, 11) is 0. The van der Waals surface area contributed by atoms with E-state index in [1.165, 1.54) is 270 Å². The van der Waals surface area contributed by atoms with Crippen molar-refractivity contribution in [3.63, 3.8) is 0 Å². The highest BCUT2D eigenvalue weighted by atomic mass is 16.5. The van der Waals surface area contributed by atoms with Crippen LogP contribution in [0.4, 0.5) is 0 Å². The Morgan fingerprint density at radius 3 is 1.08 bits per heavy atom. The van der Waals surface area contributed by atoms with Gasteiger partial charge in [0.25, 0.3) is 0 Å². The molecule has 0 saturated carbocycles. The maximum Gasteiger partial charge on any atom is 0.305 e. The van der Waals surface area contributed by atoms with E-state index in [-0.39, 0.29) is 18.5 Å². The van der Waals surface area contributed by atoms with Crippen molar-refractivity contribution >= 4 is 11.9 Å². The van der Waals surface area contributed by atoms with Gasteiger partial charge in [-0.15, -0.1) is 0 Å². The molecule has 3 N–H and O–H groups in total. The van der Waals surface area contributed by atoms with E-state index < -0.39 is 12.1 Å². The number of aliphatic hydroxyl groups excluding tert-OH is 2. The number of aliphatic hydroxyl groups is 2. The molecule has 0 aliphatic carbocycles. The molecular formula is C67H127NO5. The summed E-state index contributed by atoms with van der Waals surface area (Å²) in [5, 5.41) is 23.2. The molecule has 6 heteroatoms. The molecule has 0 heterocycles. The summed E-state index contributed by atoms with van der Waals surface area (Å²) in [4.78, 5) is 24.5. The van der Waals surface area contributed by atoms with Gasteiger partial charge < -0.3 is 20.3 Å². The van der Waals surface area contributed by atoms with Gasteiger partial charge in [0.15, 0.2) is 0 Å². The maximum atomic E-state index is 12.5. The fraction of sp³-hybridized carbons (Fsp3) is 0.881. The number of carbonyl (C=O) groups is 2. The van der Waals surface area contributed by atoms with E-state index in [0.717, 1.165) is 51.4 Å². The van der Waals surface area contributed by atoms with Crippen LogP contribution in [0.25, 0.3) is 0 Å². The molecule has 2 unspecified atom stereocenters. The average Bonchev–Trinajstić information content (AvgIpc) is 3.39. The number of hydrogen-bond donors (Lipinski definition) is 3. The monoisotopic (exact) mass is 1030 g/mol. The molecule has 0 aromatic rings. The van der Waals surface area contributed by atoms with Crippen molar-refractivity contribution in [1.29, 1.82) is 0 Å². The lowest BCUT2D eigenvalue weighted by Gasteiger charge is -2.22. The zero-order valence-corrected chi connectivity index (χ0v) is 49.1. The molecule has 73 heavy (non-hydrogen) atoms. The van der Waals surface area contributed by atoms with E-state index in [1.54, 1.807) is 0 Å². The van der Waals surface area contributed by atoms with Gasteiger partial charge in [-0.25, -0.2) is 0 Å². The second-order valence-corrected chi connectivity index (χ2v) is 22.4. The Morgan fingerprint density at radius 1 is 0.384 bits per heavy atom. The quantitative estimate of drug-likeness (QED) is 0.0320. The lowest BCUT2D eigenvalue weighted by molar-refractivity contribution is -0.143. The number of allylic oxidation sites excluding steroid dienone is 6. The molecular weight excluding hydrogens is 899 g/mol. The van der Waals surface area contributed by atoms with Gasteiger partial charge in [0.05, 0.1) is 25.4 Å². The van der Waals surface area contributed by atoms with Crippen molar-refractivity contribution in [2.24, 2.45) is 0 Å². The van der Waals surface area contributed by atoms with Crippen LogP contribution in [0, 0.1) is 0 Å². The third-order valence-corrected chi connectivity index (χ3v) is 15.2. The van der Waals surface area contributed by atoms with Crippen molar-refractivity contribution in [3.8, 4) is 0 Å². The SMILES string of the molecule is CCCCC/C=C\C/C=C\CCCCCCCC(=O)OCCCCCCCCCCCCCC/C=C\CCCCCCCCCCCCCCCC(=O)NC(CO)C(O)CCCCCCCCCCCCCC. The number of amides is 1. The molecule has 0 aliphatic rings. The highest BCUT2D eigenvalue weighted by Crippen LogP contribution is 2.18. The first-order valence-electron chi connectivity index (χ1n) is 32.7. The minimum Gasteiger partial charge on any atom is -0.466 e. The normalized spacial score (nSPS) is 12.8. The first kappa shape index (κ1) is 71.1. The van der Waals surface area contributed by atoms with E-state index in [4.69, 9.17) is 4.74 Å². The fourth-order valence-electron chi connectivity index (χ4n) is 10.1. The molecule has 2 atom stereocenters. The maximum absolute atomic E-state index is 12.5. The summed E-state index contributed by atoms with van der Waals surface area (Å²) in [5.41, 5.74) is 0. The lowest BCUT2D eigenvalue weighted by Crippen LogP contribution is -2.45. The van der Waals surface area contributed by atoms with E-state index in [0.29, 0.717) is 25.9 Å². The second kappa shape index (κ2) is 62.6. The predicted octanol–water partition coefficient (Wildman–Crippen LogP) is 20.8. The number of unbranched alkanes of at least 4 members (excludes halogenated alkanes) is 44. The second-order valence-electron chi connectivity index (χ2n) is 22.4. The van der Waals surface area contributed by atoms with Gasteiger partial charge >= 0.3 is 5.97 Å². The molecule has 1 amide bonds. The van der Waals surface area contributed by atoms with Gasteiger partial charge in [-0.1, -0.05) is 294 Å². The largest absolute Gasteiger partial charge is 0.466 e. The van der Waals surface area contributed by atoms with Crippen molar-refractivity contribution in [2.75, 3.05) is 13.2 Å². The Kier molecular flexibility index (Phi) is 61.0. The summed E-state index contributed by atoms with van der Waals surface area (Å²) in [6.45, 7) is 4.93. The molecule has 0 aromatic carbocycles. The molecule has 0 aliphatic heterocycles. The third-order valence-electron chi connectivity index (χ3n) is 15.2. The lowest BCUT2D eigenvalue weighted by atomic mass is 10.0. The van der Waals surface area contributed by atoms with Crippen LogP contribution in [0.15, 0.2) is 36.5 Å². The molecule has 0 radical (unpaired) electrons. The Balaban J connectivity index is 3.36. The Hall–Kier alpha value is -1.92. The molecule has 6 nitrogen and oxygen atoms in total. The minimum atomic E-state index is -0.662. The fourth-order valence-corrected chi connectivity index (χ4v) is 10.1. The Morgan fingerprint density at radius 2 is 0.685 bits per heavy atom. The highest BCUT2D eigenvalue weighted by Gasteiger charge is 2.20. The number of nitrogens with one attached hydrogen (secondary N) is 1. The molecule has 0 bridgehead atoms. The zero-order valence-electron chi connectivity index (χ0n) is 49.1. The van der Waals surface area contributed by atoms with E-state index >= 15 is 0 Å². The Bertz CT molecular complexity index is 1180. The van der Waals surface area contributed by atoms with Crippen LogP contribution in [-0.4, -0.2) is 47.4 Å². The van der Waals surface area contributed by atoms with Crippen LogP contribution in [-0.2, 0) is 14.3 Å². The van der Waals surface area contributed by atoms with Crippen molar-refractivity contribution in [3.05, 3.63) is 36.5 Å². The molecule has 0 rings (SSSR count). The van der Waals surface area contributed by atoms with Crippen LogP contribution in [0.5, 0.6) is 0 Å². The third kappa shape index (κ3) is 59.2. The summed E-state index contributed by atoms with van der Waals surface area (Å²) >= 11 is 0. The number of esters is 1. The molecule has 0 spiro atoms. The molecule has 0 aromatic heterocycles. The van der Waals surface area contributed by atoms with E-state index in [2.05, 4.69) is 55.6 Å². The summed E-state index contributed by atoms with van der Waals surface area (Å²) < 4.78 is 5.48. The smallest absolute Gasteiger partial charge is 0.305 e.